The number of rotatable bonds is 4. The van der Waals surface area contributed by atoms with Crippen molar-refractivity contribution in [1.82, 2.24) is 0 Å². The van der Waals surface area contributed by atoms with Crippen LogP contribution in [0.25, 0.3) is 10.8 Å². The van der Waals surface area contributed by atoms with Gasteiger partial charge in [0.1, 0.15) is 5.75 Å². The molecule has 9 nitrogen and oxygen atoms in total. The predicted octanol–water partition coefficient (Wildman–Crippen LogP) is 1.49. The molecule has 0 spiro atoms. The van der Waals surface area contributed by atoms with E-state index >= 15 is 0 Å². The van der Waals surface area contributed by atoms with E-state index in [1.54, 1.807) is 0 Å². The summed E-state index contributed by atoms with van der Waals surface area (Å²) in [5.74, 6) is -1.60. The summed E-state index contributed by atoms with van der Waals surface area (Å²) in [6, 6.07) is 6.51. The zero-order valence-corrected chi connectivity index (χ0v) is 11.9. The highest BCUT2D eigenvalue weighted by molar-refractivity contribution is 7.47. The van der Waals surface area contributed by atoms with Gasteiger partial charge in [0.25, 0.3) is 0 Å². The maximum atomic E-state index is 10.9. The zero-order chi connectivity index (χ0) is 15.8. The zero-order valence-electron chi connectivity index (χ0n) is 10.2. The Balaban J connectivity index is 2.69. The second-order valence-corrected chi connectivity index (χ2v) is 6.26. The first-order chi connectivity index (χ1) is 9.57. The number of fused-ring (bicyclic) bond motifs is 1. The van der Waals surface area contributed by atoms with E-state index in [1.165, 1.54) is 24.3 Å². The number of hydrogen-bond donors (Lipinski definition) is 5. The summed E-state index contributed by atoms with van der Waals surface area (Å²) in [5.41, 5.74) is 0. The van der Waals surface area contributed by atoms with Crippen LogP contribution in [0.2, 0.25) is 0 Å². The largest absolute Gasteiger partial charge is 0.524 e. The highest BCUT2D eigenvalue weighted by Gasteiger charge is 2.25. The Bertz CT molecular complexity index is 775. The van der Waals surface area contributed by atoms with Gasteiger partial charge in [-0.2, -0.15) is 0 Å². The first kappa shape index (κ1) is 15.8. The molecule has 0 unspecified atom stereocenters. The van der Waals surface area contributed by atoms with Crippen LogP contribution < -0.4 is 9.05 Å². The lowest BCUT2D eigenvalue weighted by Gasteiger charge is -2.15. The molecular weight excluding hydrogens is 326 g/mol. The molecule has 0 aliphatic carbocycles. The molecule has 0 aliphatic heterocycles. The van der Waals surface area contributed by atoms with Crippen molar-refractivity contribution in [1.29, 1.82) is 0 Å². The Labute approximate surface area is 117 Å². The quantitative estimate of drug-likeness (QED) is 0.522. The number of phenolic OH excluding ortho intramolecular Hbond substituents is 1. The second kappa shape index (κ2) is 5.31. The molecule has 114 valence electrons. The summed E-state index contributed by atoms with van der Waals surface area (Å²) >= 11 is 0. The van der Waals surface area contributed by atoms with Crippen LogP contribution in [0.3, 0.4) is 0 Å². The van der Waals surface area contributed by atoms with Crippen molar-refractivity contribution in [3.8, 4) is 17.2 Å². The van der Waals surface area contributed by atoms with Crippen LogP contribution in [0.15, 0.2) is 30.3 Å². The van der Waals surface area contributed by atoms with Gasteiger partial charge in [-0.05, 0) is 0 Å². The van der Waals surface area contributed by atoms with Gasteiger partial charge in [-0.3, -0.25) is 19.6 Å². The van der Waals surface area contributed by atoms with Gasteiger partial charge in [-0.15, -0.1) is 0 Å². The van der Waals surface area contributed by atoms with Crippen molar-refractivity contribution in [3.63, 3.8) is 0 Å². The van der Waals surface area contributed by atoms with Crippen LogP contribution in [0.1, 0.15) is 0 Å². The minimum Gasteiger partial charge on any atom is -0.504 e. The summed E-state index contributed by atoms with van der Waals surface area (Å²) in [6.07, 6.45) is 0. The number of phosphoric ester groups is 2. The Morgan fingerprint density at radius 2 is 1.38 bits per heavy atom. The van der Waals surface area contributed by atoms with E-state index in [0.29, 0.717) is 0 Å². The molecular formula is C10H10O9P2. The number of phosphoric acid groups is 2. The molecule has 5 N–H and O–H groups in total. The highest BCUT2D eigenvalue weighted by Crippen LogP contribution is 2.50. The van der Waals surface area contributed by atoms with Crippen molar-refractivity contribution in [3.05, 3.63) is 30.3 Å². The van der Waals surface area contributed by atoms with Crippen molar-refractivity contribution >= 4 is 26.4 Å². The van der Waals surface area contributed by atoms with Crippen molar-refractivity contribution in [2.75, 3.05) is 0 Å². The molecule has 21 heavy (non-hydrogen) atoms. The summed E-state index contributed by atoms with van der Waals surface area (Å²) in [4.78, 5) is 35.3. The van der Waals surface area contributed by atoms with Crippen LogP contribution >= 0.6 is 15.6 Å². The molecule has 0 heterocycles. The van der Waals surface area contributed by atoms with Crippen molar-refractivity contribution in [2.45, 2.75) is 0 Å². The second-order valence-electron chi connectivity index (χ2n) is 3.93. The molecule has 0 fully saturated rings. The topological polar surface area (TPSA) is 154 Å². The first-order valence-corrected chi connectivity index (χ1v) is 8.38. The fourth-order valence-corrected chi connectivity index (χ4v) is 2.56. The van der Waals surface area contributed by atoms with E-state index in [-0.39, 0.29) is 16.5 Å². The molecule has 2 rings (SSSR count). The van der Waals surface area contributed by atoms with Gasteiger partial charge in [0.2, 0.25) is 0 Å². The number of aromatic hydroxyl groups is 1. The fraction of sp³-hybridized carbons (Fsp3) is 0. The van der Waals surface area contributed by atoms with Gasteiger partial charge in [0, 0.05) is 16.8 Å². The minimum atomic E-state index is -4.93. The van der Waals surface area contributed by atoms with Crippen molar-refractivity contribution in [2.24, 2.45) is 0 Å². The Kier molecular flexibility index (Phi) is 3.99. The predicted molar refractivity (Wildman–Crippen MR) is 71.0 cm³/mol. The smallest absolute Gasteiger partial charge is 0.504 e. The lowest BCUT2D eigenvalue weighted by Crippen LogP contribution is -1.95. The molecule has 2 aromatic carbocycles. The third-order valence-corrected chi connectivity index (χ3v) is 3.22. The Morgan fingerprint density at radius 3 is 1.90 bits per heavy atom. The number of hydrogen-bond acceptors (Lipinski definition) is 5. The SMILES string of the molecule is O=P(O)(O)Oc1cc(O)c(OP(=O)(O)O)c2ccccc12. The van der Waals surface area contributed by atoms with Gasteiger partial charge >= 0.3 is 15.6 Å². The van der Waals surface area contributed by atoms with E-state index in [2.05, 4.69) is 9.05 Å². The average molecular weight is 336 g/mol. The van der Waals surface area contributed by atoms with Crippen molar-refractivity contribution < 1.29 is 42.9 Å². The van der Waals surface area contributed by atoms with Gasteiger partial charge in [-0.25, -0.2) is 9.13 Å². The molecule has 2 aromatic rings. The molecule has 0 saturated carbocycles. The lowest BCUT2D eigenvalue weighted by atomic mass is 10.1. The molecule has 0 saturated heterocycles. The van der Waals surface area contributed by atoms with Gasteiger partial charge in [-0.1, -0.05) is 24.3 Å². The van der Waals surface area contributed by atoms with E-state index in [1.807, 2.05) is 0 Å². The van der Waals surface area contributed by atoms with Crippen LogP contribution in [-0.2, 0) is 9.13 Å². The maximum Gasteiger partial charge on any atom is 0.524 e. The molecule has 0 aromatic heterocycles. The summed E-state index contributed by atoms with van der Waals surface area (Å²) in [5, 5.41) is 9.87. The van der Waals surface area contributed by atoms with Crippen LogP contribution in [0.5, 0.6) is 17.2 Å². The minimum absolute atomic E-state index is 0.0178. The molecule has 0 amide bonds. The third-order valence-electron chi connectivity index (χ3n) is 2.37. The van der Waals surface area contributed by atoms with Crippen LogP contribution in [0.4, 0.5) is 0 Å². The molecule has 0 bridgehead atoms. The lowest BCUT2D eigenvalue weighted by molar-refractivity contribution is 0.275. The normalized spacial score (nSPS) is 12.4. The third kappa shape index (κ3) is 3.95. The molecule has 0 radical (unpaired) electrons. The van der Waals surface area contributed by atoms with Crippen LogP contribution in [-0.4, -0.2) is 24.7 Å². The highest BCUT2D eigenvalue weighted by atomic mass is 31.2. The summed E-state index contributed by atoms with van der Waals surface area (Å²) in [6.45, 7) is 0. The Hall–Kier alpha value is -1.60. The molecule has 0 atom stereocenters. The van der Waals surface area contributed by atoms with Gasteiger partial charge in [0.15, 0.2) is 11.5 Å². The van der Waals surface area contributed by atoms with Crippen LogP contribution in [0, 0.1) is 0 Å². The molecule has 11 heteroatoms. The molecule has 0 aliphatic rings. The number of benzene rings is 2. The van der Waals surface area contributed by atoms with E-state index in [9.17, 15) is 14.2 Å². The van der Waals surface area contributed by atoms with E-state index < -0.39 is 27.1 Å². The monoisotopic (exact) mass is 336 g/mol. The number of phenols is 1. The van der Waals surface area contributed by atoms with Gasteiger partial charge < -0.3 is 14.2 Å². The van der Waals surface area contributed by atoms with E-state index in [0.717, 1.165) is 6.07 Å². The standard InChI is InChI=1S/C10H10O9P2/c11-8-5-9(18-20(12,13)14)6-3-1-2-4-7(6)10(8)19-21(15,16)17/h1-5,11H,(H2,12,13,14)(H2,15,16,17). The van der Waals surface area contributed by atoms with Gasteiger partial charge in [0.05, 0.1) is 0 Å². The maximum absolute atomic E-state index is 10.9. The summed E-state index contributed by atoms with van der Waals surface area (Å²) in [7, 11) is -9.80. The fourth-order valence-electron chi connectivity index (χ4n) is 1.72. The average Bonchev–Trinajstić information content (AvgIpc) is 2.31. The first-order valence-electron chi connectivity index (χ1n) is 5.32. The Morgan fingerprint density at radius 1 is 0.857 bits per heavy atom. The summed E-state index contributed by atoms with van der Waals surface area (Å²) < 4.78 is 30.7. The van der Waals surface area contributed by atoms with E-state index in [4.69, 9.17) is 19.6 Å².